The molecule has 0 aliphatic heterocycles. The molecular formula is C8H5Cl2NO4. The Kier molecular flexibility index (Phi) is 3.88. The predicted molar refractivity (Wildman–Crippen MR) is 54.2 cm³/mol. The largest absolute Gasteiger partial charge is 0.459 e. The Balaban J connectivity index is 2.94. The molecule has 1 unspecified atom stereocenters. The molecule has 15 heavy (non-hydrogen) atoms. The highest BCUT2D eigenvalue weighted by molar-refractivity contribution is 6.68. The van der Waals surface area contributed by atoms with E-state index in [9.17, 15) is 14.9 Å². The van der Waals surface area contributed by atoms with Gasteiger partial charge in [0.25, 0.3) is 5.24 Å². The first kappa shape index (κ1) is 11.7. The lowest BCUT2D eigenvalue weighted by atomic mass is 10.3. The molecule has 0 heterocycles. The molecule has 7 heteroatoms. The molecule has 1 atom stereocenters. The molecule has 0 amide bonds. The standard InChI is InChI=1S/C8H5Cl2NO4/c9-7(12)8(10)15-6-4-2-1-3-5(6)11(13)14/h1-4,8H. The highest BCUT2D eigenvalue weighted by Crippen LogP contribution is 2.27. The van der Waals surface area contributed by atoms with Crippen molar-refractivity contribution in [2.75, 3.05) is 0 Å². The lowest BCUT2D eigenvalue weighted by Gasteiger charge is -2.08. The first-order valence-corrected chi connectivity index (χ1v) is 4.57. The number of ether oxygens (including phenoxy) is 1. The van der Waals surface area contributed by atoms with Gasteiger partial charge in [0.2, 0.25) is 5.56 Å². The lowest BCUT2D eigenvalue weighted by Crippen LogP contribution is -2.16. The van der Waals surface area contributed by atoms with Gasteiger partial charge in [-0.1, -0.05) is 23.7 Å². The van der Waals surface area contributed by atoms with Crippen LogP contribution in [0.5, 0.6) is 5.75 Å². The average molecular weight is 250 g/mol. The average Bonchev–Trinajstić information content (AvgIpc) is 2.18. The van der Waals surface area contributed by atoms with Crippen molar-refractivity contribution in [1.29, 1.82) is 0 Å². The van der Waals surface area contributed by atoms with Crippen molar-refractivity contribution in [2.24, 2.45) is 0 Å². The molecule has 0 N–H and O–H groups in total. The number of benzene rings is 1. The molecule has 1 aromatic carbocycles. The Morgan fingerprint density at radius 1 is 1.47 bits per heavy atom. The molecule has 0 saturated heterocycles. The highest BCUT2D eigenvalue weighted by Gasteiger charge is 2.20. The van der Waals surface area contributed by atoms with Gasteiger partial charge < -0.3 is 4.74 Å². The van der Waals surface area contributed by atoms with Gasteiger partial charge in [0.05, 0.1) is 4.92 Å². The summed E-state index contributed by atoms with van der Waals surface area (Å²) in [4.78, 5) is 20.5. The van der Waals surface area contributed by atoms with Gasteiger partial charge in [-0.25, -0.2) is 0 Å². The van der Waals surface area contributed by atoms with Crippen LogP contribution in [0.15, 0.2) is 24.3 Å². The van der Waals surface area contributed by atoms with Crippen LogP contribution in [0.25, 0.3) is 0 Å². The zero-order valence-electron chi connectivity index (χ0n) is 7.22. The van der Waals surface area contributed by atoms with E-state index in [4.69, 9.17) is 27.9 Å². The van der Waals surface area contributed by atoms with Gasteiger partial charge in [-0.2, -0.15) is 0 Å². The van der Waals surface area contributed by atoms with E-state index in [0.717, 1.165) is 0 Å². The van der Waals surface area contributed by atoms with Crippen LogP contribution in [-0.4, -0.2) is 15.7 Å². The molecule has 5 nitrogen and oxygen atoms in total. The van der Waals surface area contributed by atoms with Crippen molar-refractivity contribution >= 4 is 34.1 Å². The maximum Gasteiger partial charge on any atom is 0.311 e. The summed E-state index contributed by atoms with van der Waals surface area (Å²) >= 11 is 10.4. The Morgan fingerprint density at radius 3 is 2.60 bits per heavy atom. The fourth-order valence-corrected chi connectivity index (χ4v) is 1.01. The Morgan fingerprint density at radius 2 is 2.07 bits per heavy atom. The lowest BCUT2D eigenvalue weighted by molar-refractivity contribution is -0.385. The quantitative estimate of drug-likeness (QED) is 0.356. The van der Waals surface area contributed by atoms with Crippen molar-refractivity contribution in [1.82, 2.24) is 0 Å². The van der Waals surface area contributed by atoms with E-state index in [1.165, 1.54) is 24.3 Å². The highest BCUT2D eigenvalue weighted by atomic mass is 35.5. The minimum atomic E-state index is -1.44. The second-order valence-electron chi connectivity index (χ2n) is 2.46. The van der Waals surface area contributed by atoms with Crippen LogP contribution in [0.4, 0.5) is 5.69 Å². The molecule has 0 aromatic heterocycles. The van der Waals surface area contributed by atoms with E-state index >= 15 is 0 Å². The zero-order valence-corrected chi connectivity index (χ0v) is 8.73. The molecule has 1 rings (SSSR count). The molecular weight excluding hydrogens is 245 g/mol. The number of carbonyl (C=O) groups is 1. The number of nitrogens with zero attached hydrogens (tertiary/aromatic N) is 1. The zero-order chi connectivity index (χ0) is 11.4. The number of rotatable bonds is 4. The Labute approximate surface area is 94.7 Å². The Hall–Kier alpha value is -1.33. The topological polar surface area (TPSA) is 69.4 Å². The number of hydrogen-bond donors (Lipinski definition) is 0. The second-order valence-corrected chi connectivity index (χ2v) is 3.23. The van der Waals surface area contributed by atoms with Crippen LogP contribution in [0, 0.1) is 10.1 Å². The van der Waals surface area contributed by atoms with Gasteiger partial charge >= 0.3 is 5.69 Å². The smallest absolute Gasteiger partial charge is 0.311 e. The maximum absolute atomic E-state index is 10.6. The van der Waals surface area contributed by atoms with Crippen molar-refractivity contribution in [2.45, 2.75) is 5.56 Å². The van der Waals surface area contributed by atoms with Gasteiger partial charge in [-0.3, -0.25) is 14.9 Å². The van der Waals surface area contributed by atoms with Crippen LogP contribution in [0.3, 0.4) is 0 Å². The fourth-order valence-electron chi connectivity index (χ4n) is 0.865. The number of halogens is 2. The van der Waals surface area contributed by atoms with Crippen molar-refractivity contribution in [3.8, 4) is 5.75 Å². The first-order valence-electron chi connectivity index (χ1n) is 3.76. The number of para-hydroxylation sites is 2. The minimum absolute atomic E-state index is 0.100. The van der Waals surface area contributed by atoms with E-state index in [1.807, 2.05) is 0 Å². The minimum Gasteiger partial charge on any atom is -0.459 e. The van der Waals surface area contributed by atoms with Gasteiger partial charge in [0.15, 0.2) is 5.75 Å². The fraction of sp³-hybridized carbons (Fsp3) is 0.125. The van der Waals surface area contributed by atoms with Crippen molar-refractivity contribution in [3.63, 3.8) is 0 Å². The first-order chi connectivity index (χ1) is 7.02. The van der Waals surface area contributed by atoms with Gasteiger partial charge in [0.1, 0.15) is 0 Å². The summed E-state index contributed by atoms with van der Waals surface area (Å²) in [6.45, 7) is 0. The molecule has 0 spiro atoms. The molecule has 1 aromatic rings. The Bertz CT molecular complexity index is 396. The number of nitro benzene ring substituents is 1. The third-order valence-corrected chi connectivity index (χ3v) is 2.07. The normalized spacial score (nSPS) is 11.9. The monoisotopic (exact) mass is 249 g/mol. The predicted octanol–water partition coefficient (Wildman–Crippen LogP) is 2.30. The maximum atomic E-state index is 10.6. The summed E-state index contributed by atoms with van der Waals surface area (Å²) in [6, 6.07) is 5.55. The second kappa shape index (κ2) is 4.95. The molecule has 0 aliphatic rings. The van der Waals surface area contributed by atoms with Gasteiger partial charge in [-0.05, 0) is 17.7 Å². The van der Waals surface area contributed by atoms with E-state index < -0.39 is 15.7 Å². The number of carbonyl (C=O) groups excluding carboxylic acids is 1. The van der Waals surface area contributed by atoms with Crippen LogP contribution in [0.2, 0.25) is 0 Å². The SMILES string of the molecule is O=C(Cl)C(Cl)Oc1ccccc1[N+](=O)[O-]. The van der Waals surface area contributed by atoms with Crippen molar-refractivity contribution in [3.05, 3.63) is 34.4 Å². The molecule has 0 saturated carbocycles. The number of hydrogen-bond acceptors (Lipinski definition) is 4. The molecule has 80 valence electrons. The summed E-state index contributed by atoms with van der Waals surface area (Å²) in [5.41, 5.74) is -1.71. The summed E-state index contributed by atoms with van der Waals surface area (Å²) in [7, 11) is 0. The van der Waals surface area contributed by atoms with E-state index in [0.29, 0.717) is 0 Å². The van der Waals surface area contributed by atoms with E-state index in [-0.39, 0.29) is 11.4 Å². The summed E-state index contributed by atoms with van der Waals surface area (Å²) in [5.74, 6) is -0.100. The van der Waals surface area contributed by atoms with E-state index in [2.05, 4.69) is 0 Å². The third-order valence-electron chi connectivity index (χ3n) is 1.47. The van der Waals surface area contributed by atoms with E-state index in [1.54, 1.807) is 0 Å². The van der Waals surface area contributed by atoms with Crippen LogP contribution in [-0.2, 0) is 4.79 Å². The molecule has 0 aliphatic carbocycles. The number of nitro groups is 1. The van der Waals surface area contributed by atoms with Gasteiger partial charge in [-0.15, -0.1) is 0 Å². The number of alkyl halides is 1. The molecule has 0 radical (unpaired) electrons. The summed E-state index contributed by atoms with van der Waals surface area (Å²) < 4.78 is 4.81. The van der Waals surface area contributed by atoms with Crippen LogP contribution < -0.4 is 4.74 Å². The van der Waals surface area contributed by atoms with Crippen LogP contribution in [0.1, 0.15) is 0 Å². The van der Waals surface area contributed by atoms with Gasteiger partial charge in [0, 0.05) is 6.07 Å². The summed E-state index contributed by atoms with van der Waals surface area (Å²) in [6.07, 6.45) is 0. The van der Waals surface area contributed by atoms with Crippen LogP contribution >= 0.6 is 23.2 Å². The third kappa shape index (κ3) is 3.07. The molecule has 0 fully saturated rings. The van der Waals surface area contributed by atoms with Crippen molar-refractivity contribution < 1.29 is 14.5 Å². The summed E-state index contributed by atoms with van der Waals surface area (Å²) in [5, 5.41) is 9.60. The molecule has 0 bridgehead atoms.